The Hall–Kier alpha value is -0.820. The molecule has 14 heavy (non-hydrogen) atoms. The van der Waals surface area contributed by atoms with Crippen LogP contribution in [-0.4, -0.2) is 36.8 Å². The fourth-order valence-corrected chi connectivity index (χ4v) is 1.52. The Labute approximate surface area is 78.7 Å². The van der Waals surface area contributed by atoms with Gasteiger partial charge in [0.05, 0.1) is 13.1 Å². The highest BCUT2D eigenvalue weighted by Gasteiger charge is 2.32. The summed E-state index contributed by atoms with van der Waals surface area (Å²) in [5, 5.41) is 11.2. The van der Waals surface area contributed by atoms with Crippen LogP contribution in [0.5, 0.6) is 0 Å². The van der Waals surface area contributed by atoms with E-state index in [0.717, 1.165) is 5.92 Å². The summed E-state index contributed by atoms with van der Waals surface area (Å²) in [7, 11) is 0. The monoisotopic (exact) mass is 212 g/mol. The van der Waals surface area contributed by atoms with Crippen molar-refractivity contribution >= 4 is 5.97 Å². The Bertz CT molecular complexity index is 201. The van der Waals surface area contributed by atoms with Gasteiger partial charge < -0.3 is 9.90 Å². The zero-order valence-electron chi connectivity index (χ0n) is 7.38. The van der Waals surface area contributed by atoms with Crippen LogP contribution in [0.1, 0.15) is 6.42 Å². The molecule has 0 saturated carbocycles. The summed E-state index contributed by atoms with van der Waals surface area (Å²) in [6.07, 6.45) is -3.74. The molecule has 0 aromatic carbocycles. The second-order valence-corrected chi connectivity index (χ2v) is 3.35. The first kappa shape index (κ1) is 11.3. The van der Waals surface area contributed by atoms with Gasteiger partial charge in [0.2, 0.25) is 0 Å². The average Bonchev–Trinajstić information content (AvgIpc) is 2.65. The van der Waals surface area contributed by atoms with Crippen molar-refractivity contribution in [2.24, 2.45) is 5.92 Å². The predicted octanol–water partition coefficient (Wildman–Crippen LogP) is -1.90. The van der Waals surface area contributed by atoms with E-state index in [1.807, 2.05) is 0 Å². The smallest absolute Gasteiger partial charge is 0.430 e. The van der Waals surface area contributed by atoms with Crippen LogP contribution in [0.3, 0.4) is 0 Å². The minimum Gasteiger partial charge on any atom is -0.542 e. The van der Waals surface area contributed by atoms with Gasteiger partial charge in [-0.1, -0.05) is 0 Å². The number of fused-ring (bicyclic) bond motifs is 2. The molecule has 0 aliphatic carbocycles. The Morgan fingerprint density at radius 2 is 2.07 bits per heavy atom. The number of halogens is 3. The van der Waals surface area contributed by atoms with Crippen molar-refractivity contribution in [2.45, 2.75) is 12.6 Å². The number of alkyl halides is 3. The Morgan fingerprint density at radius 3 is 2.14 bits per heavy atom. The number of carboxylic acids is 1. The molecule has 0 amide bonds. The van der Waals surface area contributed by atoms with Gasteiger partial charge in [0.15, 0.2) is 0 Å². The van der Waals surface area contributed by atoms with Crippen LogP contribution in [-0.2, 0) is 4.79 Å². The second-order valence-electron chi connectivity index (χ2n) is 3.35. The third kappa shape index (κ3) is 3.15. The molecule has 0 radical (unpaired) electrons. The van der Waals surface area contributed by atoms with Crippen LogP contribution in [0.4, 0.5) is 13.2 Å². The second kappa shape index (κ2) is 4.14. The molecular formula is C7H11F3N2O2. The van der Waals surface area contributed by atoms with E-state index in [-0.39, 0.29) is 0 Å². The molecule has 82 valence electrons. The number of aliphatic carboxylic acids is 1. The summed E-state index contributed by atoms with van der Waals surface area (Å²) in [5.74, 6) is -1.97. The van der Waals surface area contributed by atoms with Gasteiger partial charge in [-0.2, -0.15) is 18.2 Å². The van der Waals surface area contributed by atoms with Crippen LogP contribution in [0.15, 0.2) is 0 Å². The molecule has 7 heteroatoms. The highest BCUT2D eigenvalue weighted by atomic mass is 19.4. The van der Waals surface area contributed by atoms with E-state index in [1.54, 1.807) is 0 Å². The molecule has 2 heterocycles. The van der Waals surface area contributed by atoms with Gasteiger partial charge in [-0.15, -0.1) is 0 Å². The first-order valence-electron chi connectivity index (χ1n) is 4.25. The van der Waals surface area contributed by atoms with Crippen molar-refractivity contribution in [3.8, 4) is 0 Å². The first-order chi connectivity index (χ1) is 6.39. The highest BCUT2D eigenvalue weighted by Crippen LogP contribution is 2.13. The maximum atomic E-state index is 10.5. The highest BCUT2D eigenvalue weighted by molar-refractivity contribution is 5.70. The molecule has 2 saturated heterocycles. The molecule has 2 rings (SSSR count). The fourth-order valence-electron chi connectivity index (χ4n) is 1.52. The van der Waals surface area contributed by atoms with Crippen LogP contribution >= 0.6 is 0 Å². The number of hydrogen-bond donors (Lipinski definition) is 1. The number of rotatable bonds is 0. The Balaban J connectivity index is 0.000000140. The molecule has 2 aliphatic heterocycles. The summed E-state index contributed by atoms with van der Waals surface area (Å²) in [6.45, 7) is 4.06. The normalized spacial score (nSPS) is 29.6. The first-order valence-corrected chi connectivity index (χ1v) is 4.25. The van der Waals surface area contributed by atoms with Crippen molar-refractivity contribution < 1.29 is 28.5 Å². The minimum absolute atomic E-state index is 1.04. The van der Waals surface area contributed by atoms with Crippen molar-refractivity contribution in [3.63, 3.8) is 0 Å². The van der Waals surface area contributed by atoms with E-state index in [0.29, 0.717) is 0 Å². The maximum Gasteiger partial charge on any atom is 0.430 e. The molecule has 0 aromatic heterocycles. The molecule has 0 aromatic rings. The minimum atomic E-state index is -5.19. The van der Waals surface area contributed by atoms with Crippen molar-refractivity contribution in [1.82, 2.24) is 5.01 Å². The largest absolute Gasteiger partial charge is 0.542 e. The Kier molecular flexibility index (Phi) is 3.33. The number of nitrogens with zero attached hydrogens (tertiary/aromatic N) is 1. The summed E-state index contributed by atoms with van der Waals surface area (Å²) in [4.78, 5) is 8.78. The number of carboxylic acid groups (broad SMARTS) is 1. The predicted molar refractivity (Wildman–Crippen MR) is 37.5 cm³/mol. The zero-order chi connectivity index (χ0) is 10.8. The van der Waals surface area contributed by atoms with E-state index >= 15 is 0 Å². The van der Waals surface area contributed by atoms with Crippen molar-refractivity contribution in [2.75, 3.05) is 19.6 Å². The van der Waals surface area contributed by atoms with Gasteiger partial charge in [-0.25, -0.2) is 0 Å². The van der Waals surface area contributed by atoms with E-state index < -0.39 is 12.1 Å². The van der Waals surface area contributed by atoms with Crippen LogP contribution in [0.2, 0.25) is 0 Å². The van der Waals surface area contributed by atoms with Crippen LogP contribution in [0.25, 0.3) is 0 Å². The lowest BCUT2D eigenvalue weighted by atomic mass is 10.1. The van der Waals surface area contributed by atoms with Gasteiger partial charge in [0, 0.05) is 12.5 Å². The molecule has 0 spiro atoms. The van der Waals surface area contributed by atoms with Crippen LogP contribution < -0.4 is 10.5 Å². The third-order valence-corrected chi connectivity index (χ3v) is 2.25. The fraction of sp³-hybridized carbons (Fsp3) is 0.857. The summed E-state index contributed by atoms with van der Waals surface area (Å²) >= 11 is 0. The van der Waals surface area contributed by atoms with Gasteiger partial charge in [-0.05, 0) is 6.42 Å². The van der Waals surface area contributed by atoms with Crippen molar-refractivity contribution in [3.05, 3.63) is 0 Å². The van der Waals surface area contributed by atoms with Gasteiger partial charge in [0.25, 0.3) is 0 Å². The van der Waals surface area contributed by atoms with E-state index in [2.05, 4.69) is 10.4 Å². The lowest BCUT2D eigenvalue weighted by molar-refractivity contribution is -0.788. The molecule has 2 unspecified atom stereocenters. The van der Waals surface area contributed by atoms with Gasteiger partial charge >= 0.3 is 6.18 Å². The third-order valence-electron chi connectivity index (χ3n) is 2.25. The summed E-state index contributed by atoms with van der Waals surface area (Å²) < 4.78 is 31.5. The summed E-state index contributed by atoms with van der Waals surface area (Å²) in [5.41, 5.74) is 2.34. The molecular weight excluding hydrogens is 201 g/mol. The van der Waals surface area contributed by atoms with Gasteiger partial charge in [0.1, 0.15) is 5.97 Å². The molecule has 2 atom stereocenters. The quantitative estimate of drug-likeness (QED) is 0.477. The number of nitrogens with two attached hydrogens (primary N) is 1. The Morgan fingerprint density at radius 1 is 1.50 bits per heavy atom. The topological polar surface area (TPSA) is 60.0 Å². The molecule has 2 bridgehead atoms. The standard InChI is InChI=1S/C5H10N2.C2HF3O2/c1-2-7-4-5(1)3-6-7;3-2(4,5)1(6)7/h5-6H,1-4H2;(H,6,7). The van der Waals surface area contributed by atoms with Crippen LogP contribution in [0, 0.1) is 5.92 Å². The lowest BCUT2D eigenvalue weighted by Gasteiger charge is -2.07. The maximum absolute atomic E-state index is 10.5. The molecule has 4 nitrogen and oxygen atoms in total. The van der Waals surface area contributed by atoms with E-state index in [9.17, 15) is 13.2 Å². The number of quaternary nitrogens is 1. The molecule has 2 N–H and O–H groups in total. The van der Waals surface area contributed by atoms with E-state index in [1.165, 1.54) is 26.1 Å². The number of hydrogen-bond acceptors (Lipinski definition) is 3. The van der Waals surface area contributed by atoms with E-state index in [4.69, 9.17) is 9.90 Å². The number of carbonyl (C=O) groups excluding carboxylic acids is 1. The van der Waals surface area contributed by atoms with Gasteiger partial charge in [-0.3, -0.25) is 5.43 Å². The number of carbonyl (C=O) groups is 1. The van der Waals surface area contributed by atoms with Crippen molar-refractivity contribution in [1.29, 1.82) is 0 Å². The molecule has 2 aliphatic rings. The molecule has 2 fully saturated rings. The zero-order valence-corrected chi connectivity index (χ0v) is 7.38. The lowest BCUT2D eigenvalue weighted by Crippen LogP contribution is -2.91. The average molecular weight is 212 g/mol. The SMILES string of the molecule is C1CN2CC1C[NH2+]2.O=C([O-])C(F)(F)F. The summed E-state index contributed by atoms with van der Waals surface area (Å²) in [6, 6.07) is 0.